The van der Waals surface area contributed by atoms with Gasteiger partial charge in [-0.25, -0.2) is 0 Å². The Balaban J connectivity index is 2.18. The largest absolute Gasteiger partial charge is 0.302 e. The van der Waals surface area contributed by atoms with E-state index in [4.69, 9.17) is 18.0 Å². The molecule has 0 fully saturated rings. The predicted octanol–water partition coefficient (Wildman–Crippen LogP) is 3.73. The third-order valence-corrected chi connectivity index (χ3v) is 2.99. The van der Waals surface area contributed by atoms with Gasteiger partial charge in [0.05, 0.1) is 6.54 Å². The minimum atomic E-state index is 0.568. The van der Waals surface area contributed by atoms with Crippen molar-refractivity contribution in [1.29, 1.82) is 0 Å². The molecule has 1 nitrogen and oxygen atoms in total. The molecule has 0 aliphatic rings. The van der Waals surface area contributed by atoms with Crippen LogP contribution in [0.5, 0.6) is 0 Å². The second-order valence-corrected chi connectivity index (χ2v) is 4.40. The van der Waals surface area contributed by atoms with Crippen LogP contribution in [0.4, 0.5) is 0 Å². The molecule has 0 aromatic heterocycles. The van der Waals surface area contributed by atoms with E-state index in [1.807, 2.05) is 30.3 Å². The molecule has 0 spiro atoms. The quantitative estimate of drug-likeness (QED) is 0.648. The van der Waals surface area contributed by atoms with Gasteiger partial charge in [0.2, 0.25) is 0 Å². The molecule has 18 heavy (non-hydrogen) atoms. The zero-order chi connectivity index (χ0) is 12.8. The van der Waals surface area contributed by atoms with Crippen LogP contribution >= 0.6 is 11.6 Å². The first-order chi connectivity index (χ1) is 8.81. The van der Waals surface area contributed by atoms with Gasteiger partial charge in [-0.05, 0) is 17.2 Å². The molecule has 1 N–H and O–H groups in total. The molecule has 2 aromatic rings. The van der Waals surface area contributed by atoms with Crippen molar-refractivity contribution < 1.29 is 0 Å². The van der Waals surface area contributed by atoms with Crippen LogP contribution in [0.15, 0.2) is 48.5 Å². The SMILES string of the molecule is C#CCNCc1ccc(-c2ccccc2)c(Cl)c1. The molecule has 0 bridgehead atoms. The monoisotopic (exact) mass is 255 g/mol. The van der Waals surface area contributed by atoms with Crippen LogP contribution < -0.4 is 5.32 Å². The summed E-state index contributed by atoms with van der Waals surface area (Å²) in [6, 6.07) is 16.2. The Labute approximate surface area is 113 Å². The first-order valence-electron chi connectivity index (χ1n) is 5.79. The second kappa shape index (κ2) is 6.26. The van der Waals surface area contributed by atoms with Crippen LogP contribution in [-0.2, 0) is 6.54 Å². The number of halogens is 1. The van der Waals surface area contributed by atoms with Crippen LogP contribution in [0.2, 0.25) is 5.02 Å². The average molecular weight is 256 g/mol. The Hall–Kier alpha value is -1.75. The molecule has 0 radical (unpaired) electrons. The first kappa shape index (κ1) is 12.7. The summed E-state index contributed by atoms with van der Waals surface area (Å²) in [6.45, 7) is 1.30. The standard InChI is InChI=1S/C16H14ClN/c1-2-10-18-12-13-8-9-15(16(17)11-13)14-6-4-3-5-7-14/h1,3-9,11,18H,10,12H2. The lowest BCUT2D eigenvalue weighted by molar-refractivity contribution is 0.770. The molecule has 0 unspecified atom stereocenters. The van der Waals surface area contributed by atoms with E-state index in [0.29, 0.717) is 6.54 Å². The topological polar surface area (TPSA) is 12.0 Å². The van der Waals surface area contributed by atoms with Crippen molar-refractivity contribution >= 4 is 11.6 Å². The molecule has 0 saturated carbocycles. The van der Waals surface area contributed by atoms with Crippen molar-refractivity contribution in [2.75, 3.05) is 6.54 Å². The minimum absolute atomic E-state index is 0.568. The van der Waals surface area contributed by atoms with Gasteiger partial charge in [-0.1, -0.05) is 60.0 Å². The van der Waals surface area contributed by atoms with Crippen molar-refractivity contribution in [2.24, 2.45) is 0 Å². The number of rotatable bonds is 4. The molecule has 0 atom stereocenters. The molecule has 0 amide bonds. The Morgan fingerprint density at radius 2 is 1.89 bits per heavy atom. The molecule has 2 heteroatoms. The summed E-state index contributed by atoms with van der Waals surface area (Å²) >= 11 is 6.31. The Kier molecular flexibility index (Phi) is 4.41. The van der Waals surface area contributed by atoms with Crippen molar-refractivity contribution in [3.63, 3.8) is 0 Å². The highest BCUT2D eigenvalue weighted by Crippen LogP contribution is 2.28. The molecule has 0 aliphatic heterocycles. The molecule has 0 heterocycles. The van der Waals surface area contributed by atoms with Gasteiger partial charge in [0.15, 0.2) is 0 Å². The summed E-state index contributed by atoms with van der Waals surface area (Å²) < 4.78 is 0. The summed E-state index contributed by atoms with van der Waals surface area (Å²) in [7, 11) is 0. The van der Waals surface area contributed by atoms with Crippen LogP contribution in [0.25, 0.3) is 11.1 Å². The van der Waals surface area contributed by atoms with Gasteiger partial charge in [-0.3, -0.25) is 0 Å². The lowest BCUT2D eigenvalue weighted by Gasteiger charge is -2.07. The van der Waals surface area contributed by atoms with Crippen molar-refractivity contribution in [3.05, 3.63) is 59.1 Å². The fourth-order valence-electron chi connectivity index (χ4n) is 1.80. The van der Waals surface area contributed by atoms with Crippen LogP contribution in [0.3, 0.4) is 0 Å². The normalized spacial score (nSPS) is 10.0. The third kappa shape index (κ3) is 3.13. The summed E-state index contributed by atoms with van der Waals surface area (Å²) in [5, 5.41) is 3.91. The van der Waals surface area contributed by atoms with Gasteiger partial charge in [0, 0.05) is 17.1 Å². The number of benzene rings is 2. The van der Waals surface area contributed by atoms with Gasteiger partial charge in [-0.2, -0.15) is 0 Å². The van der Waals surface area contributed by atoms with E-state index in [0.717, 1.165) is 28.3 Å². The Bertz CT molecular complexity index is 555. The highest BCUT2D eigenvalue weighted by molar-refractivity contribution is 6.33. The maximum Gasteiger partial charge on any atom is 0.0576 e. The van der Waals surface area contributed by atoms with Gasteiger partial charge in [-0.15, -0.1) is 6.42 Å². The summed E-state index contributed by atoms with van der Waals surface area (Å²) in [5.74, 6) is 2.55. The van der Waals surface area contributed by atoms with Gasteiger partial charge >= 0.3 is 0 Å². The second-order valence-electron chi connectivity index (χ2n) is 3.99. The fourth-order valence-corrected chi connectivity index (χ4v) is 2.11. The van der Waals surface area contributed by atoms with Gasteiger partial charge < -0.3 is 5.32 Å². The predicted molar refractivity (Wildman–Crippen MR) is 77.4 cm³/mol. The van der Waals surface area contributed by atoms with E-state index >= 15 is 0 Å². The van der Waals surface area contributed by atoms with E-state index in [-0.39, 0.29) is 0 Å². The van der Waals surface area contributed by atoms with Crippen molar-refractivity contribution in [2.45, 2.75) is 6.54 Å². The Morgan fingerprint density at radius 3 is 2.56 bits per heavy atom. The molecule has 90 valence electrons. The average Bonchev–Trinajstić information content (AvgIpc) is 2.40. The summed E-state index contributed by atoms with van der Waals surface area (Å²) in [4.78, 5) is 0. The van der Waals surface area contributed by atoms with Crippen LogP contribution in [-0.4, -0.2) is 6.54 Å². The molecule has 0 aliphatic carbocycles. The zero-order valence-corrected chi connectivity index (χ0v) is 10.7. The molecule has 2 rings (SSSR count). The molecule has 2 aromatic carbocycles. The van der Waals surface area contributed by atoms with E-state index < -0.39 is 0 Å². The lowest BCUT2D eigenvalue weighted by Crippen LogP contribution is -2.12. The Morgan fingerprint density at radius 1 is 1.11 bits per heavy atom. The van der Waals surface area contributed by atoms with Gasteiger partial charge in [0.1, 0.15) is 0 Å². The van der Waals surface area contributed by atoms with E-state index in [1.165, 1.54) is 0 Å². The van der Waals surface area contributed by atoms with Gasteiger partial charge in [0.25, 0.3) is 0 Å². The number of hydrogen-bond acceptors (Lipinski definition) is 1. The number of nitrogens with one attached hydrogen (secondary N) is 1. The smallest absolute Gasteiger partial charge is 0.0576 e. The lowest BCUT2D eigenvalue weighted by atomic mass is 10.0. The maximum atomic E-state index is 6.31. The van der Waals surface area contributed by atoms with E-state index in [2.05, 4.69) is 29.4 Å². The number of hydrogen-bond donors (Lipinski definition) is 1. The van der Waals surface area contributed by atoms with Crippen molar-refractivity contribution in [3.8, 4) is 23.5 Å². The van der Waals surface area contributed by atoms with Crippen LogP contribution in [0.1, 0.15) is 5.56 Å². The van der Waals surface area contributed by atoms with Crippen molar-refractivity contribution in [1.82, 2.24) is 5.32 Å². The first-order valence-corrected chi connectivity index (χ1v) is 6.17. The molecular weight excluding hydrogens is 242 g/mol. The summed E-state index contributed by atoms with van der Waals surface area (Å²) in [5.41, 5.74) is 3.32. The fraction of sp³-hybridized carbons (Fsp3) is 0.125. The molecular formula is C16H14ClN. The number of terminal acetylenes is 1. The maximum absolute atomic E-state index is 6.31. The zero-order valence-electron chi connectivity index (χ0n) is 9.99. The highest BCUT2D eigenvalue weighted by Gasteiger charge is 2.03. The van der Waals surface area contributed by atoms with Crippen LogP contribution in [0, 0.1) is 12.3 Å². The third-order valence-electron chi connectivity index (χ3n) is 2.67. The van der Waals surface area contributed by atoms with E-state index in [1.54, 1.807) is 0 Å². The highest BCUT2D eigenvalue weighted by atomic mass is 35.5. The minimum Gasteiger partial charge on any atom is -0.302 e. The summed E-state index contributed by atoms with van der Waals surface area (Å²) in [6.07, 6.45) is 5.18. The van der Waals surface area contributed by atoms with E-state index in [9.17, 15) is 0 Å². The molecule has 0 saturated heterocycles.